The molecule has 0 aliphatic heterocycles. The highest BCUT2D eigenvalue weighted by Gasteiger charge is 2.11. The fraction of sp³-hybridized carbons (Fsp3) is 0.312. The van der Waals surface area contributed by atoms with Crippen LogP contribution in [0.5, 0.6) is 0 Å². The van der Waals surface area contributed by atoms with Crippen LogP contribution < -0.4 is 5.32 Å². The van der Waals surface area contributed by atoms with E-state index < -0.39 is 0 Å². The Bertz CT molecular complexity index is 545. The van der Waals surface area contributed by atoms with Gasteiger partial charge in [-0.1, -0.05) is 19.1 Å². The van der Waals surface area contributed by atoms with E-state index in [1.54, 1.807) is 0 Å². The monoisotopic (exact) mass is 336 g/mol. The Morgan fingerprint density at radius 2 is 2.10 bits per heavy atom. The molecular formula is C16H18BrFN2. The number of likely N-dealkylation sites (N-methyl/N-ethyl adjacent to an activating group) is 1. The van der Waals surface area contributed by atoms with Crippen LogP contribution in [-0.4, -0.2) is 17.6 Å². The largest absolute Gasteiger partial charge is 0.314 e. The predicted octanol–water partition coefficient (Wildman–Crippen LogP) is 3.75. The highest BCUT2D eigenvalue weighted by Crippen LogP contribution is 2.18. The molecule has 0 saturated heterocycles. The molecule has 0 fully saturated rings. The molecule has 0 amide bonds. The molecule has 2 rings (SSSR count). The van der Waals surface area contributed by atoms with Crippen molar-refractivity contribution in [3.63, 3.8) is 0 Å². The topological polar surface area (TPSA) is 24.9 Å². The first-order chi connectivity index (χ1) is 9.69. The van der Waals surface area contributed by atoms with Crippen LogP contribution in [0.25, 0.3) is 0 Å². The summed E-state index contributed by atoms with van der Waals surface area (Å²) in [6, 6.07) is 11.4. The Kier molecular flexibility index (Phi) is 5.68. The van der Waals surface area contributed by atoms with Crippen molar-refractivity contribution >= 4 is 15.9 Å². The minimum Gasteiger partial charge on any atom is -0.314 e. The van der Waals surface area contributed by atoms with Gasteiger partial charge < -0.3 is 5.32 Å². The maximum atomic E-state index is 13.3. The smallest absolute Gasteiger partial charge is 0.137 e. The van der Waals surface area contributed by atoms with E-state index in [1.165, 1.54) is 6.07 Å². The summed E-state index contributed by atoms with van der Waals surface area (Å²) in [5.41, 5.74) is 2.18. The zero-order valence-corrected chi connectivity index (χ0v) is 13.0. The van der Waals surface area contributed by atoms with Gasteiger partial charge in [-0.15, -0.1) is 0 Å². The minimum atomic E-state index is -0.224. The molecule has 0 radical (unpaired) electrons. The van der Waals surface area contributed by atoms with Crippen LogP contribution in [0.3, 0.4) is 0 Å². The van der Waals surface area contributed by atoms with Gasteiger partial charge in [0, 0.05) is 24.4 Å². The van der Waals surface area contributed by atoms with Crippen LogP contribution >= 0.6 is 15.9 Å². The lowest BCUT2D eigenvalue weighted by Crippen LogP contribution is -2.33. The van der Waals surface area contributed by atoms with Gasteiger partial charge in [-0.25, -0.2) is 4.39 Å². The summed E-state index contributed by atoms with van der Waals surface area (Å²) in [6.45, 7) is 2.99. The van der Waals surface area contributed by atoms with Crippen molar-refractivity contribution in [2.45, 2.75) is 25.8 Å². The number of aromatic nitrogens is 1. The Morgan fingerprint density at radius 1 is 1.25 bits per heavy atom. The Balaban J connectivity index is 2.06. The molecule has 0 aliphatic rings. The molecule has 106 valence electrons. The van der Waals surface area contributed by atoms with Gasteiger partial charge in [0.05, 0.1) is 4.47 Å². The standard InChI is InChI=1S/C16H18BrFN2/c1-2-19-14(11-13-5-3-4-8-20-13)9-12-6-7-16(18)15(17)10-12/h3-8,10,14,19H,2,9,11H2,1H3. The number of hydrogen-bond acceptors (Lipinski definition) is 2. The SMILES string of the molecule is CCNC(Cc1ccc(F)c(Br)c1)Cc1ccccn1. The lowest BCUT2D eigenvalue weighted by atomic mass is 10.0. The van der Waals surface area contributed by atoms with E-state index in [1.807, 2.05) is 36.5 Å². The summed E-state index contributed by atoms with van der Waals surface area (Å²) in [4.78, 5) is 4.36. The number of pyridine rings is 1. The van der Waals surface area contributed by atoms with E-state index in [2.05, 4.69) is 33.2 Å². The van der Waals surface area contributed by atoms with Crippen LogP contribution in [0.4, 0.5) is 4.39 Å². The van der Waals surface area contributed by atoms with Gasteiger partial charge in [-0.2, -0.15) is 0 Å². The minimum absolute atomic E-state index is 0.224. The van der Waals surface area contributed by atoms with Crippen molar-refractivity contribution < 1.29 is 4.39 Å². The molecule has 20 heavy (non-hydrogen) atoms. The van der Waals surface area contributed by atoms with E-state index in [4.69, 9.17) is 0 Å². The predicted molar refractivity (Wildman–Crippen MR) is 83.2 cm³/mol. The molecule has 0 spiro atoms. The molecule has 2 nitrogen and oxygen atoms in total. The summed E-state index contributed by atoms with van der Waals surface area (Å²) in [5.74, 6) is -0.224. The first kappa shape index (κ1) is 15.1. The lowest BCUT2D eigenvalue weighted by Gasteiger charge is -2.18. The maximum Gasteiger partial charge on any atom is 0.137 e. The summed E-state index contributed by atoms with van der Waals surface area (Å²) >= 11 is 3.23. The molecule has 1 aromatic heterocycles. The zero-order chi connectivity index (χ0) is 14.4. The van der Waals surface area contributed by atoms with Gasteiger partial charge >= 0.3 is 0 Å². The van der Waals surface area contributed by atoms with Crippen molar-refractivity contribution in [3.8, 4) is 0 Å². The van der Waals surface area contributed by atoms with Crippen molar-refractivity contribution in [3.05, 3.63) is 64.1 Å². The number of halogens is 2. The maximum absolute atomic E-state index is 13.3. The second-order valence-corrected chi connectivity index (χ2v) is 5.59. The number of nitrogens with one attached hydrogen (secondary N) is 1. The number of rotatable bonds is 6. The summed E-state index contributed by atoms with van der Waals surface area (Å²) < 4.78 is 13.8. The molecule has 1 N–H and O–H groups in total. The van der Waals surface area contributed by atoms with Crippen LogP contribution in [-0.2, 0) is 12.8 Å². The highest BCUT2D eigenvalue weighted by atomic mass is 79.9. The second-order valence-electron chi connectivity index (χ2n) is 4.73. The van der Waals surface area contributed by atoms with Gasteiger partial charge in [-0.3, -0.25) is 4.98 Å². The third kappa shape index (κ3) is 4.39. The molecule has 0 bridgehead atoms. The quantitative estimate of drug-likeness (QED) is 0.868. The molecule has 1 atom stereocenters. The Hall–Kier alpha value is -1.26. The third-order valence-electron chi connectivity index (χ3n) is 3.14. The zero-order valence-electron chi connectivity index (χ0n) is 11.4. The highest BCUT2D eigenvalue weighted by molar-refractivity contribution is 9.10. The van der Waals surface area contributed by atoms with Crippen LogP contribution in [0.2, 0.25) is 0 Å². The average molecular weight is 337 g/mol. The summed E-state index contributed by atoms with van der Waals surface area (Å²) in [7, 11) is 0. The normalized spacial score (nSPS) is 12.3. The van der Waals surface area contributed by atoms with E-state index >= 15 is 0 Å². The van der Waals surface area contributed by atoms with Crippen LogP contribution in [0.15, 0.2) is 47.1 Å². The van der Waals surface area contributed by atoms with Crippen molar-refractivity contribution in [2.75, 3.05) is 6.54 Å². The lowest BCUT2D eigenvalue weighted by molar-refractivity contribution is 0.515. The van der Waals surface area contributed by atoms with Crippen molar-refractivity contribution in [1.82, 2.24) is 10.3 Å². The first-order valence-corrected chi connectivity index (χ1v) is 7.55. The molecule has 1 heterocycles. The summed E-state index contributed by atoms with van der Waals surface area (Å²) in [5, 5.41) is 3.46. The summed E-state index contributed by atoms with van der Waals surface area (Å²) in [6.07, 6.45) is 3.53. The fourth-order valence-corrected chi connectivity index (χ4v) is 2.65. The fourth-order valence-electron chi connectivity index (χ4n) is 2.23. The van der Waals surface area contributed by atoms with Crippen LogP contribution in [0, 0.1) is 5.82 Å². The number of nitrogens with zero attached hydrogens (tertiary/aromatic N) is 1. The number of benzene rings is 1. The van der Waals surface area contributed by atoms with E-state index in [-0.39, 0.29) is 5.82 Å². The van der Waals surface area contributed by atoms with E-state index in [0.29, 0.717) is 10.5 Å². The van der Waals surface area contributed by atoms with Crippen molar-refractivity contribution in [1.29, 1.82) is 0 Å². The molecule has 2 aromatic rings. The molecular weight excluding hydrogens is 319 g/mol. The third-order valence-corrected chi connectivity index (χ3v) is 3.75. The average Bonchev–Trinajstić information content (AvgIpc) is 2.44. The van der Waals surface area contributed by atoms with E-state index in [0.717, 1.165) is 30.6 Å². The molecule has 4 heteroatoms. The number of hydrogen-bond donors (Lipinski definition) is 1. The van der Waals surface area contributed by atoms with Gasteiger partial charge in [0.15, 0.2) is 0 Å². The van der Waals surface area contributed by atoms with Gasteiger partial charge in [0.2, 0.25) is 0 Å². The molecule has 1 aromatic carbocycles. The Labute approximate surface area is 127 Å². The van der Waals surface area contributed by atoms with Crippen LogP contribution in [0.1, 0.15) is 18.2 Å². The van der Waals surface area contributed by atoms with Gasteiger partial charge in [-0.05, 0) is 58.7 Å². The Morgan fingerprint density at radius 3 is 2.75 bits per heavy atom. The van der Waals surface area contributed by atoms with E-state index in [9.17, 15) is 4.39 Å². The molecule has 0 aliphatic carbocycles. The first-order valence-electron chi connectivity index (χ1n) is 6.76. The second kappa shape index (κ2) is 7.50. The van der Waals surface area contributed by atoms with Crippen molar-refractivity contribution in [2.24, 2.45) is 0 Å². The molecule has 0 saturated carbocycles. The van der Waals surface area contributed by atoms with Gasteiger partial charge in [0.25, 0.3) is 0 Å². The molecule has 1 unspecified atom stereocenters. The van der Waals surface area contributed by atoms with Gasteiger partial charge in [0.1, 0.15) is 5.82 Å².